The Morgan fingerprint density at radius 1 is 1.22 bits per heavy atom. The van der Waals surface area contributed by atoms with Crippen molar-refractivity contribution in [1.82, 2.24) is 10.4 Å². The maximum Gasteiger partial charge on any atom is 0.247 e. The molecule has 1 amide bonds. The zero-order chi connectivity index (χ0) is 12.6. The van der Waals surface area contributed by atoms with Crippen molar-refractivity contribution < 1.29 is 9.63 Å². The second kappa shape index (κ2) is 7.13. The minimum Gasteiger partial charge on any atom is -0.301 e. The molecule has 1 heterocycles. The van der Waals surface area contributed by atoms with E-state index in [1.54, 1.807) is 0 Å². The molecule has 0 bridgehead atoms. The first-order valence-electron chi connectivity index (χ1n) is 6.51. The highest BCUT2D eigenvalue weighted by molar-refractivity contribution is 5.77. The predicted molar refractivity (Wildman–Crippen MR) is 69.9 cm³/mol. The number of nitrogens with one attached hydrogen (secondary N) is 1. The van der Waals surface area contributed by atoms with Gasteiger partial charge in [0, 0.05) is 6.54 Å². The van der Waals surface area contributed by atoms with Crippen LogP contribution in [-0.4, -0.2) is 37.0 Å². The number of carbonyl (C=O) groups excluding carboxylic acids is 1. The average Bonchev–Trinajstić information content (AvgIpc) is 2.89. The lowest BCUT2D eigenvalue weighted by Crippen LogP contribution is -2.30. The van der Waals surface area contributed by atoms with Gasteiger partial charge in [-0.25, -0.2) is 5.48 Å². The van der Waals surface area contributed by atoms with Crippen molar-refractivity contribution in [2.75, 3.05) is 26.2 Å². The van der Waals surface area contributed by atoms with Gasteiger partial charge in [0.05, 0.1) is 13.0 Å². The molecule has 0 saturated carbocycles. The third-order valence-electron chi connectivity index (χ3n) is 3.10. The van der Waals surface area contributed by atoms with E-state index in [2.05, 4.69) is 10.4 Å². The standard InChI is InChI=1S/C14H20N2O2/c17-14(12-13-6-2-1-3-7-13)15-18-11-10-16-8-4-5-9-16/h1-3,6-7H,4-5,8-12H2,(H,15,17). The fraction of sp³-hybridized carbons (Fsp3) is 0.500. The number of rotatable bonds is 6. The van der Waals surface area contributed by atoms with Crippen LogP contribution in [0.4, 0.5) is 0 Å². The van der Waals surface area contributed by atoms with Gasteiger partial charge < -0.3 is 4.90 Å². The lowest BCUT2D eigenvalue weighted by molar-refractivity contribution is -0.133. The molecule has 1 saturated heterocycles. The van der Waals surface area contributed by atoms with Crippen LogP contribution in [-0.2, 0) is 16.1 Å². The van der Waals surface area contributed by atoms with E-state index in [-0.39, 0.29) is 5.91 Å². The van der Waals surface area contributed by atoms with Crippen LogP contribution in [0.1, 0.15) is 18.4 Å². The third-order valence-corrected chi connectivity index (χ3v) is 3.10. The molecule has 2 rings (SSSR count). The fourth-order valence-corrected chi connectivity index (χ4v) is 2.13. The average molecular weight is 248 g/mol. The van der Waals surface area contributed by atoms with Crippen LogP contribution in [0.25, 0.3) is 0 Å². The summed E-state index contributed by atoms with van der Waals surface area (Å²) >= 11 is 0. The Balaban J connectivity index is 1.57. The number of carbonyl (C=O) groups is 1. The first-order chi connectivity index (χ1) is 8.84. The molecule has 0 atom stereocenters. The van der Waals surface area contributed by atoms with E-state index in [0.29, 0.717) is 13.0 Å². The summed E-state index contributed by atoms with van der Waals surface area (Å²) in [4.78, 5) is 19.1. The molecule has 18 heavy (non-hydrogen) atoms. The summed E-state index contributed by atoms with van der Waals surface area (Å²) in [6.07, 6.45) is 2.92. The first-order valence-corrected chi connectivity index (χ1v) is 6.51. The van der Waals surface area contributed by atoms with Gasteiger partial charge in [-0.3, -0.25) is 9.63 Å². The normalized spacial score (nSPS) is 15.8. The number of benzene rings is 1. The SMILES string of the molecule is O=C(Cc1ccccc1)NOCCN1CCCC1. The van der Waals surface area contributed by atoms with E-state index in [0.717, 1.165) is 25.2 Å². The number of likely N-dealkylation sites (tertiary alicyclic amines) is 1. The molecule has 1 aliphatic heterocycles. The quantitative estimate of drug-likeness (QED) is 0.611. The minimum absolute atomic E-state index is 0.0948. The summed E-state index contributed by atoms with van der Waals surface area (Å²) in [7, 11) is 0. The lowest BCUT2D eigenvalue weighted by Gasteiger charge is -2.14. The molecule has 98 valence electrons. The highest BCUT2D eigenvalue weighted by Gasteiger charge is 2.10. The Bertz CT molecular complexity index is 361. The van der Waals surface area contributed by atoms with Crippen molar-refractivity contribution in [3.63, 3.8) is 0 Å². The van der Waals surface area contributed by atoms with Crippen LogP contribution in [0, 0.1) is 0 Å². The van der Waals surface area contributed by atoms with Crippen LogP contribution in [0.5, 0.6) is 0 Å². The van der Waals surface area contributed by atoms with Crippen molar-refractivity contribution in [1.29, 1.82) is 0 Å². The fourth-order valence-electron chi connectivity index (χ4n) is 2.13. The Hall–Kier alpha value is -1.39. The van der Waals surface area contributed by atoms with E-state index in [4.69, 9.17) is 4.84 Å². The van der Waals surface area contributed by atoms with Crippen molar-refractivity contribution >= 4 is 5.91 Å². The zero-order valence-electron chi connectivity index (χ0n) is 10.6. The van der Waals surface area contributed by atoms with Crippen LogP contribution in [0.15, 0.2) is 30.3 Å². The van der Waals surface area contributed by atoms with E-state index < -0.39 is 0 Å². The maximum atomic E-state index is 11.6. The molecule has 1 aromatic carbocycles. The predicted octanol–water partition coefficient (Wildman–Crippen LogP) is 1.37. The Labute approximate surface area is 108 Å². The van der Waals surface area contributed by atoms with Crippen molar-refractivity contribution in [2.45, 2.75) is 19.3 Å². The molecule has 1 aromatic rings. The molecule has 1 fully saturated rings. The molecule has 1 aliphatic rings. The number of hydrogen-bond donors (Lipinski definition) is 1. The van der Waals surface area contributed by atoms with Gasteiger partial charge in [0.15, 0.2) is 0 Å². The van der Waals surface area contributed by atoms with E-state index in [1.807, 2.05) is 30.3 Å². The van der Waals surface area contributed by atoms with Crippen LogP contribution < -0.4 is 5.48 Å². The molecular formula is C14H20N2O2. The summed E-state index contributed by atoms with van der Waals surface area (Å²) < 4.78 is 0. The van der Waals surface area contributed by atoms with Gasteiger partial charge in [-0.15, -0.1) is 0 Å². The summed E-state index contributed by atoms with van der Waals surface area (Å²) in [6.45, 7) is 3.76. The first kappa shape index (κ1) is 13.1. The van der Waals surface area contributed by atoms with E-state index >= 15 is 0 Å². The molecule has 0 aromatic heterocycles. The van der Waals surface area contributed by atoms with Crippen LogP contribution in [0.2, 0.25) is 0 Å². The number of hydrogen-bond acceptors (Lipinski definition) is 3. The Morgan fingerprint density at radius 2 is 1.94 bits per heavy atom. The third kappa shape index (κ3) is 4.47. The summed E-state index contributed by atoms with van der Waals surface area (Å²) in [6, 6.07) is 9.66. The second-order valence-corrected chi connectivity index (χ2v) is 4.58. The van der Waals surface area contributed by atoms with Crippen LogP contribution in [0.3, 0.4) is 0 Å². The van der Waals surface area contributed by atoms with Gasteiger partial charge in [-0.2, -0.15) is 0 Å². The molecule has 0 aliphatic carbocycles. The van der Waals surface area contributed by atoms with Gasteiger partial charge in [0.25, 0.3) is 0 Å². The van der Waals surface area contributed by atoms with Crippen molar-refractivity contribution in [3.05, 3.63) is 35.9 Å². The Kier molecular flexibility index (Phi) is 5.17. The van der Waals surface area contributed by atoms with Gasteiger partial charge in [-0.1, -0.05) is 30.3 Å². The molecule has 1 N–H and O–H groups in total. The van der Waals surface area contributed by atoms with Gasteiger partial charge >= 0.3 is 0 Å². The number of hydroxylamine groups is 1. The largest absolute Gasteiger partial charge is 0.301 e. The number of nitrogens with zero attached hydrogens (tertiary/aromatic N) is 1. The molecule has 0 spiro atoms. The topological polar surface area (TPSA) is 41.6 Å². The summed E-state index contributed by atoms with van der Waals surface area (Å²) in [5.74, 6) is -0.0948. The molecule has 4 nitrogen and oxygen atoms in total. The lowest BCUT2D eigenvalue weighted by atomic mass is 10.1. The van der Waals surface area contributed by atoms with Crippen molar-refractivity contribution in [2.24, 2.45) is 0 Å². The zero-order valence-corrected chi connectivity index (χ0v) is 10.6. The second-order valence-electron chi connectivity index (χ2n) is 4.58. The van der Waals surface area contributed by atoms with Gasteiger partial charge in [0.2, 0.25) is 5.91 Å². The molecule has 4 heteroatoms. The Morgan fingerprint density at radius 3 is 2.67 bits per heavy atom. The van der Waals surface area contributed by atoms with Crippen molar-refractivity contribution in [3.8, 4) is 0 Å². The monoisotopic (exact) mass is 248 g/mol. The van der Waals surface area contributed by atoms with Gasteiger partial charge in [0.1, 0.15) is 0 Å². The maximum absolute atomic E-state index is 11.6. The highest BCUT2D eigenvalue weighted by Crippen LogP contribution is 2.05. The summed E-state index contributed by atoms with van der Waals surface area (Å²) in [5, 5.41) is 0. The summed E-state index contributed by atoms with van der Waals surface area (Å²) in [5.41, 5.74) is 3.49. The smallest absolute Gasteiger partial charge is 0.247 e. The molecule has 0 unspecified atom stereocenters. The van der Waals surface area contributed by atoms with Gasteiger partial charge in [-0.05, 0) is 31.5 Å². The number of amides is 1. The molecular weight excluding hydrogens is 228 g/mol. The molecule has 0 radical (unpaired) electrons. The van der Waals surface area contributed by atoms with Crippen LogP contribution >= 0.6 is 0 Å². The van der Waals surface area contributed by atoms with E-state index in [1.165, 1.54) is 12.8 Å². The highest BCUT2D eigenvalue weighted by atomic mass is 16.6. The van der Waals surface area contributed by atoms with E-state index in [9.17, 15) is 4.79 Å². The minimum atomic E-state index is -0.0948.